The Bertz CT molecular complexity index is 1020. The molecule has 2 heterocycles. The number of aryl methyl sites for hydroxylation is 3. The first kappa shape index (κ1) is 19.5. The molecule has 0 fully saturated rings. The van der Waals surface area contributed by atoms with Gasteiger partial charge in [0.25, 0.3) is 5.91 Å². The smallest absolute Gasteiger partial charge is 0.331 e. The van der Waals surface area contributed by atoms with Crippen molar-refractivity contribution in [2.45, 2.75) is 20.8 Å². The quantitative estimate of drug-likeness (QED) is 0.509. The Labute approximate surface area is 166 Å². The Morgan fingerprint density at radius 3 is 2.64 bits per heavy atom. The van der Waals surface area contributed by atoms with Crippen LogP contribution >= 0.6 is 11.3 Å². The second kappa shape index (κ2) is 8.62. The number of esters is 1. The minimum Gasteiger partial charge on any atom is -0.452 e. The van der Waals surface area contributed by atoms with E-state index in [1.54, 1.807) is 16.8 Å². The SMILES string of the molecule is Cc1ccc(-n2nc(C)cc2NC(=O)COC(=O)/C=C/c2csc(C)n2)cc1. The summed E-state index contributed by atoms with van der Waals surface area (Å²) in [4.78, 5) is 28.2. The van der Waals surface area contributed by atoms with Gasteiger partial charge in [0.1, 0.15) is 5.82 Å². The van der Waals surface area contributed by atoms with Crippen LogP contribution in [0.25, 0.3) is 11.8 Å². The molecule has 1 aromatic carbocycles. The van der Waals surface area contributed by atoms with Gasteiger partial charge in [-0.15, -0.1) is 11.3 Å². The number of rotatable bonds is 6. The fourth-order valence-corrected chi connectivity index (χ4v) is 3.03. The monoisotopic (exact) mass is 396 g/mol. The molecule has 28 heavy (non-hydrogen) atoms. The number of carbonyl (C=O) groups excluding carboxylic acids is 2. The fourth-order valence-electron chi connectivity index (χ4n) is 2.45. The fraction of sp³-hybridized carbons (Fsp3) is 0.200. The van der Waals surface area contributed by atoms with Gasteiger partial charge < -0.3 is 10.1 Å². The van der Waals surface area contributed by atoms with E-state index < -0.39 is 18.5 Å². The van der Waals surface area contributed by atoms with Crippen molar-refractivity contribution in [1.29, 1.82) is 0 Å². The molecule has 144 valence electrons. The van der Waals surface area contributed by atoms with E-state index in [0.29, 0.717) is 11.5 Å². The zero-order chi connectivity index (χ0) is 20.1. The molecule has 1 N–H and O–H groups in total. The number of nitrogens with one attached hydrogen (secondary N) is 1. The molecule has 3 aromatic rings. The molecule has 0 saturated carbocycles. The van der Waals surface area contributed by atoms with E-state index in [1.165, 1.54) is 17.4 Å². The highest BCUT2D eigenvalue weighted by Gasteiger charge is 2.12. The number of hydrogen-bond acceptors (Lipinski definition) is 6. The van der Waals surface area contributed by atoms with Gasteiger partial charge >= 0.3 is 5.97 Å². The minimum absolute atomic E-state index is 0.391. The lowest BCUT2D eigenvalue weighted by molar-refractivity contribution is -0.142. The number of benzene rings is 1. The summed E-state index contributed by atoms with van der Waals surface area (Å²) in [5, 5.41) is 9.87. The third kappa shape index (κ3) is 5.14. The summed E-state index contributed by atoms with van der Waals surface area (Å²) in [6.45, 7) is 5.33. The molecule has 0 spiro atoms. The normalized spacial score (nSPS) is 11.0. The third-order valence-corrected chi connectivity index (χ3v) is 4.54. The molecule has 0 aliphatic carbocycles. The van der Waals surface area contributed by atoms with Crippen molar-refractivity contribution in [2.75, 3.05) is 11.9 Å². The molecular formula is C20H20N4O3S. The topological polar surface area (TPSA) is 86.1 Å². The van der Waals surface area contributed by atoms with E-state index in [2.05, 4.69) is 15.4 Å². The summed E-state index contributed by atoms with van der Waals surface area (Å²) >= 11 is 1.49. The molecular weight excluding hydrogens is 376 g/mol. The van der Waals surface area contributed by atoms with Crippen molar-refractivity contribution < 1.29 is 14.3 Å². The van der Waals surface area contributed by atoms with Crippen molar-refractivity contribution >= 4 is 35.1 Å². The summed E-state index contributed by atoms with van der Waals surface area (Å²) in [7, 11) is 0. The van der Waals surface area contributed by atoms with Crippen LogP contribution in [0.5, 0.6) is 0 Å². The zero-order valence-corrected chi connectivity index (χ0v) is 16.6. The maximum absolute atomic E-state index is 12.2. The first-order valence-electron chi connectivity index (χ1n) is 8.61. The lowest BCUT2D eigenvalue weighted by Crippen LogP contribution is -2.21. The van der Waals surface area contributed by atoms with Gasteiger partial charge in [-0.1, -0.05) is 17.7 Å². The molecule has 0 aliphatic heterocycles. The number of nitrogens with zero attached hydrogens (tertiary/aromatic N) is 3. The molecule has 7 nitrogen and oxygen atoms in total. The third-order valence-electron chi connectivity index (χ3n) is 3.75. The van der Waals surface area contributed by atoms with Crippen LogP contribution in [-0.2, 0) is 14.3 Å². The van der Waals surface area contributed by atoms with Crippen molar-refractivity contribution in [2.24, 2.45) is 0 Å². The summed E-state index contributed by atoms with van der Waals surface area (Å²) in [6.07, 6.45) is 2.81. The zero-order valence-electron chi connectivity index (χ0n) is 15.8. The second-order valence-corrected chi connectivity index (χ2v) is 7.26. The Balaban J connectivity index is 1.58. The average molecular weight is 396 g/mol. The molecule has 0 bridgehead atoms. The van der Waals surface area contributed by atoms with E-state index in [4.69, 9.17) is 4.74 Å². The number of amides is 1. The molecule has 1 amide bonds. The van der Waals surface area contributed by atoms with Gasteiger partial charge in [-0.25, -0.2) is 14.5 Å². The molecule has 0 atom stereocenters. The number of anilines is 1. The van der Waals surface area contributed by atoms with Crippen molar-refractivity contribution in [3.8, 4) is 5.69 Å². The maximum Gasteiger partial charge on any atom is 0.331 e. The first-order chi connectivity index (χ1) is 13.4. The van der Waals surface area contributed by atoms with E-state index in [9.17, 15) is 9.59 Å². The molecule has 0 aliphatic rings. The van der Waals surface area contributed by atoms with Crippen LogP contribution in [0.15, 0.2) is 41.8 Å². The minimum atomic E-state index is -0.607. The summed E-state index contributed by atoms with van der Waals surface area (Å²) in [5.74, 6) is -0.542. The number of aromatic nitrogens is 3. The van der Waals surface area contributed by atoms with E-state index in [1.807, 2.05) is 50.4 Å². The first-order valence-corrected chi connectivity index (χ1v) is 9.49. The van der Waals surface area contributed by atoms with Crippen molar-refractivity contribution in [3.63, 3.8) is 0 Å². The highest BCUT2D eigenvalue weighted by atomic mass is 32.1. The number of hydrogen-bond donors (Lipinski definition) is 1. The predicted octanol–water partition coefficient (Wildman–Crippen LogP) is 3.45. The van der Waals surface area contributed by atoms with Gasteiger partial charge in [-0.3, -0.25) is 4.79 Å². The van der Waals surface area contributed by atoms with Gasteiger partial charge in [-0.05, 0) is 39.0 Å². The second-order valence-electron chi connectivity index (χ2n) is 6.20. The predicted molar refractivity (Wildman–Crippen MR) is 109 cm³/mol. The van der Waals surface area contributed by atoms with E-state index >= 15 is 0 Å². The van der Waals surface area contributed by atoms with Crippen LogP contribution in [0, 0.1) is 20.8 Å². The maximum atomic E-state index is 12.2. The van der Waals surface area contributed by atoms with Crippen LogP contribution in [-0.4, -0.2) is 33.2 Å². The Morgan fingerprint density at radius 1 is 1.21 bits per heavy atom. The van der Waals surface area contributed by atoms with Crippen LogP contribution in [0.1, 0.15) is 22.0 Å². The molecule has 3 rings (SSSR count). The number of carbonyl (C=O) groups is 2. The standard InChI is InChI=1S/C20H20N4O3S/c1-13-4-7-17(8-5-13)24-18(10-14(2)23-24)22-19(25)11-27-20(26)9-6-16-12-28-15(3)21-16/h4-10,12H,11H2,1-3H3,(H,22,25)/b9-6+. The molecule has 8 heteroatoms. The van der Waals surface area contributed by atoms with Crippen LogP contribution < -0.4 is 5.32 Å². The summed E-state index contributed by atoms with van der Waals surface area (Å²) in [5.41, 5.74) is 3.40. The summed E-state index contributed by atoms with van der Waals surface area (Å²) < 4.78 is 6.62. The van der Waals surface area contributed by atoms with Crippen molar-refractivity contribution in [3.05, 3.63) is 63.7 Å². The van der Waals surface area contributed by atoms with E-state index in [-0.39, 0.29) is 0 Å². The molecule has 0 radical (unpaired) electrons. The molecule has 2 aromatic heterocycles. The largest absolute Gasteiger partial charge is 0.452 e. The van der Waals surface area contributed by atoms with Crippen molar-refractivity contribution in [1.82, 2.24) is 14.8 Å². The average Bonchev–Trinajstić information content (AvgIpc) is 3.24. The van der Waals surface area contributed by atoms with Gasteiger partial charge in [0.05, 0.1) is 22.1 Å². The molecule has 0 unspecified atom stereocenters. The summed E-state index contributed by atoms with van der Waals surface area (Å²) in [6, 6.07) is 9.53. The highest BCUT2D eigenvalue weighted by molar-refractivity contribution is 7.09. The van der Waals surface area contributed by atoms with E-state index in [0.717, 1.165) is 22.0 Å². The molecule has 0 saturated heterocycles. The van der Waals surface area contributed by atoms with Crippen LogP contribution in [0.3, 0.4) is 0 Å². The van der Waals surface area contributed by atoms with Crippen LogP contribution in [0.2, 0.25) is 0 Å². The lowest BCUT2D eigenvalue weighted by atomic mass is 10.2. The Morgan fingerprint density at radius 2 is 1.96 bits per heavy atom. The van der Waals surface area contributed by atoms with Gasteiger partial charge in [0, 0.05) is 17.5 Å². The number of ether oxygens (including phenoxy) is 1. The Hall–Kier alpha value is -3.26. The van der Waals surface area contributed by atoms with Gasteiger partial charge in [0.2, 0.25) is 0 Å². The Kier molecular flexibility index (Phi) is 6.00. The number of thiazole rings is 1. The van der Waals surface area contributed by atoms with Gasteiger partial charge in [0.15, 0.2) is 6.61 Å². The van der Waals surface area contributed by atoms with Gasteiger partial charge in [-0.2, -0.15) is 5.10 Å². The lowest BCUT2D eigenvalue weighted by Gasteiger charge is -2.09. The van der Waals surface area contributed by atoms with Crippen LogP contribution in [0.4, 0.5) is 5.82 Å². The highest BCUT2D eigenvalue weighted by Crippen LogP contribution is 2.17.